The van der Waals surface area contributed by atoms with Crippen molar-refractivity contribution >= 4 is 23.4 Å². The Morgan fingerprint density at radius 2 is 2.12 bits per heavy atom. The molecule has 1 aromatic carbocycles. The summed E-state index contributed by atoms with van der Waals surface area (Å²) in [5.41, 5.74) is 4.87. The van der Waals surface area contributed by atoms with E-state index in [1.807, 2.05) is 23.9 Å². The summed E-state index contributed by atoms with van der Waals surface area (Å²) in [7, 11) is 0. The number of nitrogens with one attached hydrogen (secondary N) is 1. The number of thioether (sulfide) groups is 1. The first-order valence-corrected chi connectivity index (χ1v) is 7.43. The zero-order valence-electron chi connectivity index (χ0n) is 10.3. The van der Waals surface area contributed by atoms with E-state index in [2.05, 4.69) is 36.4 Å². The maximum atomic E-state index is 5.92. The molecule has 0 saturated carbocycles. The Labute approximate surface area is 113 Å². The largest absolute Gasteiger partial charge is 0.242 e. The monoisotopic (exact) mass is 270 g/mol. The van der Waals surface area contributed by atoms with Gasteiger partial charge in [-0.15, -0.1) is 11.8 Å². The fourth-order valence-corrected chi connectivity index (χ4v) is 3.43. The average Bonchev–Trinajstić information content (AvgIpc) is 2.29. The maximum Gasteiger partial charge on any atom is 0.0921 e. The van der Waals surface area contributed by atoms with E-state index in [-0.39, 0.29) is 0 Å². The second kappa shape index (κ2) is 6.10. The summed E-state index contributed by atoms with van der Waals surface area (Å²) in [5, 5.41) is 4.14. The van der Waals surface area contributed by atoms with Gasteiger partial charge < -0.3 is 0 Å². The van der Waals surface area contributed by atoms with Crippen LogP contribution >= 0.6 is 23.4 Å². The molecule has 0 aliphatic carbocycles. The van der Waals surface area contributed by atoms with Crippen molar-refractivity contribution in [3.63, 3.8) is 0 Å². The summed E-state index contributed by atoms with van der Waals surface area (Å²) in [6, 6.07) is 8.13. The first-order chi connectivity index (χ1) is 8.19. The lowest BCUT2D eigenvalue weighted by atomic mass is 10.2. The molecule has 0 amide bonds. The summed E-state index contributed by atoms with van der Waals surface area (Å²) in [4.78, 5) is 0. The average molecular weight is 271 g/mol. The van der Waals surface area contributed by atoms with E-state index >= 15 is 0 Å². The SMILES string of the molecule is CCCN1CC(C)SC(c2ccc(Cl)cc2)N1. The third-order valence-electron chi connectivity index (χ3n) is 2.81. The molecule has 0 spiro atoms. The standard InChI is InChI=1S/C13H19ClN2S/c1-3-8-16-9-10(2)17-13(15-16)11-4-6-12(14)7-5-11/h4-7,10,13,15H,3,8-9H2,1-2H3. The van der Waals surface area contributed by atoms with Gasteiger partial charge in [-0.1, -0.05) is 37.6 Å². The molecule has 2 unspecified atom stereocenters. The molecule has 0 radical (unpaired) electrons. The van der Waals surface area contributed by atoms with Crippen LogP contribution in [-0.4, -0.2) is 23.3 Å². The summed E-state index contributed by atoms with van der Waals surface area (Å²) < 4.78 is 0. The Morgan fingerprint density at radius 3 is 2.76 bits per heavy atom. The van der Waals surface area contributed by atoms with Gasteiger partial charge in [0.25, 0.3) is 0 Å². The van der Waals surface area contributed by atoms with Gasteiger partial charge in [-0.3, -0.25) is 0 Å². The highest BCUT2D eigenvalue weighted by Gasteiger charge is 2.25. The molecule has 2 rings (SSSR count). The topological polar surface area (TPSA) is 15.3 Å². The zero-order chi connectivity index (χ0) is 12.3. The molecule has 2 nitrogen and oxygen atoms in total. The van der Waals surface area contributed by atoms with Crippen LogP contribution in [0.1, 0.15) is 31.2 Å². The van der Waals surface area contributed by atoms with Crippen LogP contribution in [0.5, 0.6) is 0 Å². The normalized spacial score (nSPS) is 26.1. The summed E-state index contributed by atoms with van der Waals surface area (Å²) in [5.74, 6) is 0. The third-order valence-corrected chi connectivity index (χ3v) is 4.33. The van der Waals surface area contributed by atoms with Gasteiger partial charge in [-0.05, 0) is 24.1 Å². The lowest BCUT2D eigenvalue weighted by Crippen LogP contribution is -2.47. The predicted molar refractivity (Wildman–Crippen MR) is 76.2 cm³/mol. The molecule has 4 heteroatoms. The Kier molecular flexibility index (Phi) is 4.74. The minimum absolute atomic E-state index is 0.350. The van der Waals surface area contributed by atoms with Crippen molar-refractivity contribution in [2.24, 2.45) is 0 Å². The van der Waals surface area contributed by atoms with E-state index in [0.717, 1.165) is 18.1 Å². The van der Waals surface area contributed by atoms with E-state index in [9.17, 15) is 0 Å². The smallest absolute Gasteiger partial charge is 0.0921 e. The predicted octanol–water partition coefficient (Wildman–Crippen LogP) is 3.69. The summed E-state index contributed by atoms with van der Waals surface area (Å²) in [6.07, 6.45) is 1.18. The van der Waals surface area contributed by atoms with Crippen LogP contribution in [0.4, 0.5) is 0 Å². The minimum Gasteiger partial charge on any atom is -0.242 e. The molecule has 17 heavy (non-hydrogen) atoms. The molecular weight excluding hydrogens is 252 g/mol. The van der Waals surface area contributed by atoms with Crippen molar-refractivity contribution in [2.45, 2.75) is 30.9 Å². The molecule has 1 aliphatic heterocycles. The quantitative estimate of drug-likeness (QED) is 0.902. The van der Waals surface area contributed by atoms with E-state index in [1.165, 1.54) is 12.0 Å². The molecule has 1 aromatic rings. The van der Waals surface area contributed by atoms with Crippen molar-refractivity contribution in [1.29, 1.82) is 0 Å². The lowest BCUT2D eigenvalue weighted by molar-refractivity contribution is 0.173. The van der Waals surface area contributed by atoms with Gasteiger partial charge in [0.2, 0.25) is 0 Å². The van der Waals surface area contributed by atoms with Crippen LogP contribution in [0.2, 0.25) is 5.02 Å². The minimum atomic E-state index is 0.350. The van der Waals surface area contributed by atoms with Crippen LogP contribution in [0.3, 0.4) is 0 Å². The number of halogens is 1. The van der Waals surface area contributed by atoms with Crippen LogP contribution in [0.15, 0.2) is 24.3 Å². The molecule has 1 aliphatic rings. The highest BCUT2D eigenvalue weighted by Crippen LogP contribution is 2.34. The molecule has 0 aromatic heterocycles. The van der Waals surface area contributed by atoms with Gasteiger partial charge >= 0.3 is 0 Å². The first-order valence-electron chi connectivity index (χ1n) is 6.11. The Balaban J connectivity index is 2.06. The van der Waals surface area contributed by atoms with E-state index in [0.29, 0.717) is 10.6 Å². The van der Waals surface area contributed by atoms with Gasteiger partial charge in [-0.2, -0.15) is 0 Å². The second-order valence-electron chi connectivity index (χ2n) is 4.45. The molecule has 1 saturated heterocycles. The number of benzene rings is 1. The van der Waals surface area contributed by atoms with Gasteiger partial charge in [0.15, 0.2) is 0 Å². The number of hydrogen-bond donors (Lipinski definition) is 1. The fraction of sp³-hybridized carbons (Fsp3) is 0.538. The van der Waals surface area contributed by atoms with E-state index in [4.69, 9.17) is 11.6 Å². The van der Waals surface area contributed by atoms with Crippen molar-refractivity contribution in [3.8, 4) is 0 Å². The third kappa shape index (κ3) is 3.62. The number of hydrogen-bond acceptors (Lipinski definition) is 3. The van der Waals surface area contributed by atoms with Crippen LogP contribution in [0.25, 0.3) is 0 Å². The van der Waals surface area contributed by atoms with Gasteiger partial charge in [0, 0.05) is 23.4 Å². The molecule has 0 bridgehead atoms. The zero-order valence-corrected chi connectivity index (χ0v) is 11.9. The molecule has 1 N–H and O–H groups in total. The lowest BCUT2D eigenvalue weighted by Gasteiger charge is -2.37. The van der Waals surface area contributed by atoms with Gasteiger partial charge in [-0.25, -0.2) is 10.4 Å². The number of rotatable bonds is 3. The van der Waals surface area contributed by atoms with E-state index in [1.54, 1.807) is 0 Å². The highest BCUT2D eigenvalue weighted by atomic mass is 35.5. The van der Waals surface area contributed by atoms with Crippen LogP contribution in [0, 0.1) is 0 Å². The Hall–Kier alpha value is -0.220. The fourth-order valence-electron chi connectivity index (χ4n) is 2.05. The van der Waals surface area contributed by atoms with Crippen molar-refractivity contribution in [2.75, 3.05) is 13.1 Å². The van der Waals surface area contributed by atoms with Crippen LogP contribution in [-0.2, 0) is 0 Å². The molecular formula is C13H19ClN2S. The molecule has 1 heterocycles. The molecule has 2 atom stereocenters. The second-order valence-corrected chi connectivity index (χ2v) is 6.44. The van der Waals surface area contributed by atoms with Crippen molar-refractivity contribution < 1.29 is 0 Å². The number of nitrogens with zero attached hydrogens (tertiary/aromatic N) is 1. The summed E-state index contributed by atoms with van der Waals surface area (Å²) in [6.45, 7) is 6.72. The van der Waals surface area contributed by atoms with Gasteiger partial charge in [0.05, 0.1) is 5.37 Å². The summed E-state index contributed by atoms with van der Waals surface area (Å²) >= 11 is 7.90. The Bertz CT molecular complexity index is 355. The first kappa shape index (κ1) is 13.2. The molecule has 94 valence electrons. The van der Waals surface area contributed by atoms with Gasteiger partial charge in [0.1, 0.15) is 0 Å². The van der Waals surface area contributed by atoms with E-state index < -0.39 is 0 Å². The Morgan fingerprint density at radius 1 is 1.41 bits per heavy atom. The van der Waals surface area contributed by atoms with Crippen molar-refractivity contribution in [3.05, 3.63) is 34.9 Å². The van der Waals surface area contributed by atoms with Crippen molar-refractivity contribution in [1.82, 2.24) is 10.4 Å². The number of hydrazine groups is 1. The molecule has 1 fully saturated rings. The van der Waals surface area contributed by atoms with Crippen LogP contribution < -0.4 is 5.43 Å². The maximum absolute atomic E-state index is 5.92. The highest BCUT2D eigenvalue weighted by molar-refractivity contribution is 8.00.